The zero-order valence-corrected chi connectivity index (χ0v) is 26.8. The number of nitrogen functional groups attached to an aromatic ring is 1. The van der Waals surface area contributed by atoms with E-state index in [0.717, 1.165) is 22.5 Å². The van der Waals surface area contributed by atoms with Crippen LogP contribution < -0.4 is 26.2 Å². The number of ether oxygens (including phenoxy) is 1. The smallest absolute Gasteiger partial charge is 0.418 e. The van der Waals surface area contributed by atoms with Crippen molar-refractivity contribution in [2.45, 2.75) is 44.2 Å². The van der Waals surface area contributed by atoms with Gasteiger partial charge in [0, 0.05) is 11.9 Å². The summed E-state index contributed by atoms with van der Waals surface area (Å²) in [4.78, 5) is 46.8. The highest BCUT2D eigenvalue weighted by atomic mass is 32.3. The summed E-state index contributed by atoms with van der Waals surface area (Å²) in [6.07, 6.45) is 1.31. The van der Waals surface area contributed by atoms with E-state index in [-0.39, 0.29) is 17.4 Å². The van der Waals surface area contributed by atoms with Crippen LogP contribution in [-0.4, -0.2) is 98.3 Å². The van der Waals surface area contributed by atoms with Crippen LogP contribution >= 0.6 is 11.3 Å². The van der Waals surface area contributed by atoms with E-state index in [9.17, 15) is 33.0 Å². The van der Waals surface area contributed by atoms with Crippen molar-refractivity contribution in [1.82, 2.24) is 20.0 Å². The van der Waals surface area contributed by atoms with E-state index in [1.54, 1.807) is 33.6 Å². The number of nitrogens with zero attached hydrogens (tertiary/aromatic N) is 5. The number of nitrogens with one attached hydrogen (secondary N) is 1. The van der Waals surface area contributed by atoms with Crippen LogP contribution in [0.3, 0.4) is 0 Å². The molecule has 3 heterocycles. The maximum Gasteiger partial charge on any atom is 0.418 e. The number of hydrogen-bond acceptors (Lipinski definition) is 14. The first-order valence-electron chi connectivity index (χ1n) is 13.7. The highest BCUT2D eigenvalue weighted by molar-refractivity contribution is 7.80. The number of carbonyl (C=O) groups is 3. The number of carboxylic acids is 1. The van der Waals surface area contributed by atoms with Gasteiger partial charge >= 0.3 is 16.4 Å². The monoisotopic (exact) mass is 697 g/mol. The number of oxime groups is 1. The van der Waals surface area contributed by atoms with Gasteiger partial charge in [0.2, 0.25) is 6.20 Å². The number of amides is 2. The Bertz CT molecular complexity index is 1770. The molecule has 254 valence electrons. The number of nitrogens with two attached hydrogens (primary N) is 2. The lowest BCUT2D eigenvalue weighted by Gasteiger charge is -2.50. The number of thiazole rings is 1. The van der Waals surface area contributed by atoms with Crippen molar-refractivity contribution in [3.63, 3.8) is 0 Å². The zero-order chi connectivity index (χ0) is 34.7. The van der Waals surface area contributed by atoms with Crippen LogP contribution in [0.4, 0.5) is 5.13 Å². The van der Waals surface area contributed by atoms with Gasteiger partial charge in [0.15, 0.2) is 17.9 Å². The van der Waals surface area contributed by atoms with Crippen LogP contribution in [0.25, 0.3) is 11.1 Å². The second-order valence-corrected chi connectivity index (χ2v) is 12.7. The number of aryl methyl sites for hydroxylation is 1. The number of aliphatic carboxylic acids is 1. The Balaban J connectivity index is 1.44. The van der Waals surface area contributed by atoms with Crippen molar-refractivity contribution in [3.8, 4) is 16.9 Å². The van der Waals surface area contributed by atoms with Crippen molar-refractivity contribution < 1.29 is 56.1 Å². The van der Waals surface area contributed by atoms with Crippen LogP contribution in [0.5, 0.6) is 5.75 Å². The second-order valence-electron chi connectivity index (χ2n) is 10.8. The molecule has 0 aliphatic carbocycles. The van der Waals surface area contributed by atoms with Gasteiger partial charge in [0.05, 0.1) is 23.4 Å². The number of carbonyl (C=O) groups excluding carboxylic acids is 2. The Hall–Kier alpha value is -4.67. The first kappa shape index (κ1) is 35.2. The molecule has 0 radical (unpaired) electrons. The minimum absolute atomic E-state index is 0.0494. The molecule has 1 aliphatic heterocycles. The Labute approximate surface area is 271 Å². The summed E-state index contributed by atoms with van der Waals surface area (Å²) in [5, 5.41) is 27.4. The molecule has 3 atom stereocenters. The number of aromatic nitrogens is 3. The number of β-lactam (4-membered cyclic amide) rings is 1. The first-order valence-corrected chi connectivity index (χ1v) is 15.9. The van der Waals surface area contributed by atoms with Gasteiger partial charge in [-0.15, -0.1) is 20.3 Å². The fraction of sp³-hybridized carbons (Fsp3) is 0.385. The molecule has 0 spiro atoms. The van der Waals surface area contributed by atoms with Crippen LogP contribution in [0.1, 0.15) is 19.5 Å². The standard InChI is InChI=1S/C26H32N8O11S2/c1-26(2)21(23(37)34(26)45-47(40,41)42)30-22(36)20(18-13-46-25(28)29-18)31-44-19(24(38)39)12-43-17-6-4-14(5-7-17)15-9-32(3)33(10-15)11-16(35)8-27/h4-7,9-10,13,16,19,21,35H,8,11-12,27H2,1-3H3,(H4-,28,29,30,36,38,39,40,41,42)/p+1/b31-20-/t16?,19-,21?/m0/s1. The van der Waals surface area contributed by atoms with Crippen LogP contribution in [0, 0.1) is 0 Å². The molecular weight excluding hydrogens is 664 g/mol. The van der Waals surface area contributed by atoms with Gasteiger partial charge in [-0.1, -0.05) is 17.3 Å². The molecule has 47 heavy (non-hydrogen) atoms. The number of hydrogen-bond donors (Lipinski definition) is 6. The highest BCUT2D eigenvalue weighted by Gasteiger charge is 2.58. The Kier molecular flexibility index (Phi) is 10.5. The van der Waals surface area contributed by atoms with E-state index in [4.69, 9.17) is 25.6 Å². The molecular formula is C26H33N8O11S2+. The number of carboxylic acid groups (broad SMARTS) is 1. The third kappa shape index (κ3) is 8.38. The first-order chi connectivity index (χ1) is 22.0. The number of aliphatic hydroxyl groups is 1. The van der Waals surface area contributed by atoms with Gasteiger partial charge in [0.25, 0.3) is 17.9 Å². The predicted octanol–water partition coefficient (Wildman–Crippen LogP) is -1.57. The number of anilines is 1. The quantitative estimate of drug-likeness (QED) is 0.0344. The molecule has 0 bridgehead atoms. The van der Waals surface area contributed by atoms with E-state index in [0.29, 0.717) is 17.4 Å². The Morgan fingerprint density at radius 3 is 2.49 bits per heavy atom. The lowest BCUT2D eigenvalue weighted by Crippen LogP contribution is -2.76. The summed E-state index contributed by atoms with van der Waals surface area (Å²) in [6, 6.07) is 5.41. The number of benzene rings is 1. The lowest BCUT2D eigenvalue weighted by atomic mass is 9.84. The number of hydroxylamine groups is 2. The summed E-state index contributed by atoms with van der Waals surface area (Å²) in [7, 11) is -3.20. The summed E-state index contributed by atoms with van der Waals surface area (Å²) in [6.45, 7) is 2.62. The van der Waals surface area contributed by atoms with Gasteiger partial charge in [-0.05, 0) is 31.5 Å². The molecule has 1 aromatic carbocycles. The van der Waals surface area contributed by atoms with Crippen molar-refractivity contribution >= 4 is 50.4 Å². The molecule has 3 aromatic rings. The van der Waals surface area contributed by atoms with E-state index >= 15 is 0 Å². The molecule has 21 heteroatoms. The number of rotatable bonds is 15. The van der Waals surface area contributed by atoms with E-state index in [2.05, 4.69) is 19.7 Å². The van der Waals surface area contributed by atoms with Crippen molar-refractivity contribution in [1.29, 1.82) is 0 Å². The third-order valence-electron chi connectivity index (χ3n) is 6.93. The lowest BCUT2D eigenvalue weighted by molar-refractivity contribution is -0.754. The average Bonchev–Trinajstić information content (AvgIpc) is 3.60. The molecule has 2 aromatic heterocycles. The SMILES string of the molecule is C[n+]1cc(-c2ccc(OC[C@H](O/N=C(\C(=O)NC3C(=O)N(OS(=O)(=O)O)C3(C)C)c3csc(N)n3)C(=O)O)cc2)cn1CC(O)CN. The van der Waals surface area contributed by atoms with Gasteiger partial charge in [0.1, 0.15) is 30.6 Å². The van der Waals surface area contributed by atoms with Gasteiger partial charge in [-0.2, -0.15) is 18.2 Å². The van der Waals surface area contributed by atoms with E-state index in [1.165, 1.54) is 19.2 Å². The molecule has 2 unspecified atom stereocenters. The summed E-state index contributed by atoms with van der Waals surface area (Å²) in [5.41, 5.74) is 10.8. The maximum atomic E-state index is 13.2. The fourth-order valence-corrected chi connectivity index (χ4v) is 5.38. The van der Waals surface area contributed by atoms with Crippen molar-refractivity contribution in [2.75, 3.05) is 18.9 Å². The molecule has 1 fully saturated rings. The largest absolute Gasteiger partial charge is 0.489 e. The molecule has 4 rings (SSSR count). The van der Waals surface area contributed by atoms with Gasteiger partial charge < -0.3 is 36.6 Å². The molecule has 0 saturated carbocycles. The van der Waals surface area contributed by atoms with Gasteiger partial charge in [-0.3, -0.25) is 14.1 Å². The third-order valence-corrected chi connectivity index (χ3v) is 7.94. The maximum absolute atomic E-state index is 13.2. The minimum Gasteiger partial charge on any atom is -0.489 e. The minimum atomic E-state index is -5.02. The topological polar surface area (TPSA) is 275 Å². The van der Waals surface area contributed by atoms with Crippen LogP contribution in [-0.2, 0) is 47.5 Å². The van der Waals surface area contributed by atoms with Crippen molar-refractivity contribution in [3.05, 3.63) is 47.7 Å². The van der Waals surface area contributed by atoms with Crippen LogP contribution in [0.2, 0.25) is 0 Å². The molecule has 1 saturated heterocycles. The van der Waals surface area contributed by atoms with Crippen molar-refractivity contribution in [2.24, 2.45) is 17.9 Å². The Morgan fingerprint density at radius 2 is 1.94 bits per heavy atom. The molecule has 2 amide bonds. The number of aliphatic hydroxyl groups excluding tert-OH is 1. The fourth-order valence-electron chi connectivity index (χ4n) is 4.38. The predicted molar refractivity (Wildman–Crippen MR) is 163 cm³/mol. The van der Waals surface area contributed by atoms with E-state index < -0.39 is 64.3 Å². The normalized spacial score (nSPS) is 17.5. The van der Waals surface area contributed by atoms with Gasteiger partial charge in [-0.25, -0.2) is 9.78 Å². The van der Waals surface area contributed by atoms with Crippen LogP contribution in [0.15, 0.2) is 47.2 Å². The zero-order valence-electron chi connectivity index (χ0n) is 25.2. The average molecular weight is 698 g/mol. The summed E-state index contributed by atoms with van der Waals surface area (Å²) < 4.78 is 44.6. The molecule has 19 nitrogen and oxygen atoms in total. The van der Waals surface area contributed by atoms with E-state index in [1.807, 2.05) is 19.4 Å². The second kappa shape index (κ2) is 14.0. The highest BCUT2D eigenvalue weighted by Crippen LogP contribution is 2.33. The molecule has 8 N–H and O–H groups in total. The molecule has 1 aliphatic rings. The Morgan fingerprint density at radius 1 is 1.26 bits per heavy atom. The summed E-state index contributed by atoms with van der Waals surface area (Å²) >= 11 is 0.950. The summed E-state index contributed by atoms with van der Waals surface area (Å²) in [5.74, 6) is -3.19.